The second-order valence-corrected chi connectivity index (χ2v) is 4.72. The van der Waals surface area contributed by atoms with Gasteiger partial charge in [-0.25, -0.2) is 14.4 Å². The minimum Gasteiger partial charge on any atom is -0.505 e. The molecule has 100 valence electrons. The van der Waals surface area contributed by atoms with Gasteiger partial charge in [-0.1, -0.05) is 6.92 Å². The third-order valence-corrected chi connectivity index (χ3v) is 3.53. The maximum atomic E-state index is 13.4. The lowest BCUT2D eigenvalue weighted by Crippen LogP contribution is -2.02. The van der Waals surface area contributed by atoms with Gasteiger partial charge >= 0.3 is 0 Å². The highest BCUT2D eigenvalue weighted by Crippen LogP contribution is 2.28. The predicted octanol–water partition coefficient (Wildman–Crippen LogP) is 3.35. The van der Waals surface area contributed by atoms with Crippen LogP contribution in [0.25, 0.3) is 11.4 Å². The van der Waals surface area contributed by atoms with E-state index in [0.29, 0.717) is 17.2 Å². The molecule has 0 saturated heterocycles. The lowest BCUT2D eigenvalue weighted by atomic mass is 10.2. The van der Waals surface area contributed by atoms with Crippen LogP contribution in [0.5, 0.6) is 5.75 Å². The summed E-state index contributed by atoms with van der Waals surface area (Å²) >= 11 is 3.43. The molecule has 0 bridgehead atoms. The Morgan fingerprint density at radius 3 is 2.68 bits per heavy atom. The van der Waals surface area contributed by atoms with Gasteiger partial charge in [0.05, 0.1) is 10.2 Å². The van der Waals surface area contributed by atoms with Gasteiger partial charge < -0.3 is 10.4 Å². The molecule has 4 nitrogen and oxygen atoms in total. The van der Waals surface area contributed by atoms with E-state index in [0.717, 1.165) is 16.6 Å². The number of phenols is 1. The van der Waals surface area contributed by atoms with E-state index in [1.165, 1.54) is 12.1 Å². The molecule has 6 heteroatoms. The van der Waals surface area contributed by atoms with Crippen molar-refractivity contribution in [2.75, 3.05) is 12.4 Å². The minimum absolute atomic E-state index is 0.384. The normalized spacial score (nSPS) is 10.5. The van der Waals surface area contributed by atoms with Crippen LogP contribution in [-0.4, -0.2) is 22.1 Å². The maximum absolute atomic E-state index is 13.4. The monoisotopic (exact) mass is 325 g/mol. The molecular weight excluding hydrogens is 313 g/mol. The SMILES string of the molecule is CCc1nc(-c2ccc(O)c(F)c2)nc(NC)c1Br. The highest BCUT2D eigenvalue weighted by molar-refractivity contribution is 9.10. The van der Waals surface area contributed by atoms with Crippen LogP contribution >= 0.6 is 15.9 Å². The Kier molecular flexibility index (Phi) is 3.99. The summed E-state index contributed by atoms with van der Waals surface area (Å²) in [4.78, 5) is 8.72. The van der Waals surface area contributed by atoms with Crippen molar-refractivity contribution in [1.82, 2.24) is 9.97 Å². The van der Waals surface area contributed by atoms with Gasteiger partial charge in [-0.3, -0.25) is 0 Å². The lowest BCUT2D eigenvalue weighted by Gasteiger charge is -2.10. The van der Waals surface area contributed by atoms with Gasteiger partial charge in [0.1, 0.15) is 5.82 Å². The number of aromatic nitrogens is 2. The van der Waals surface area contributed by atoms with Crippen LogP contribution in [0.3, 0.4) is 0 Å². The third-order valence-electron chi connectivity index (χ3n) is 2.70. The fourth-order valence-corrected chi connectivity index (χ4v) is 2.32. The van der Waals surface area contributed by atoms with Crippen molar-refractivity contribution in [2.45, 2.75) is 13.3 Å². The van der Waals surface area contributed by atoms with Crippen LogP contribution in [-0.2, 0) is 6.42 Å². The molecule has 0 amide bonds. The first-order chi connectivity index (χ1) is 9.06. The Morgan fingerprint density at radius 2 is 2.11 bits per heavy atom. The fourth-order valence-electron chi connectivity index (χ4n) is 1.67. The molecule has 0 aliphatic heterocycles. The first kappa shape index (κ1) is 13.7. The van der Waals surface area contributed by atoms with Gasteiger partial charge in [0.15, 0.2) is 17.4 Å². The largest absolute Gasteiger partial charge is 0.505 e. The summed E-state index contributed by atoms with van der Waals surface area (Å²) in [5.41, 5.74) is 1.36. The number of phenolic OH excluding ortho intramolecular Hbond substituents is 1. The number of aromatic hydroxyl groups is 1. The molecule has 2 aromatic rings. The highest BCUT2D eigenvalue weighted by atomic mass is 79.9. The molecule has 1 aromatic carbocycles. The summed E-state index contributed by atoms with van der Waals surface area (Å²) in [5.74, 6) is -0.00266. The number of nitrogens with one attached hydrogen (secondary N) is 1. The second-order valence-electron chi connectivity index (χ2n) is 3.93. The molecule has 0 spiro atoms. The molecule has 0 aliphatic rings. The number of nitrogens with zero attached hydrogens (tertiary/aromatic N) is 2. The molecule has 0 unspecified atom stereocenters. The van der Waals surface area contributed by atoms with E-state index in [1.54, 1.807) is 13.1 Å². The van der Waals surface area contributed by atoms with E-state index < -0.39 is 5.82 Å². The Bertz CT molecular complexity index is 594. The molecule has 19 heavy (non-hydrogen) atoms. The van der Waals surface area contributed by atoms with Gasteiger partial charge in [0, 0.05) is 12.6 Å². The third kappa shape index (κ3) is 2.68. The number of aryl methyl sites for hydroxylation is 1. The first-order valence-corrected chi connectivity index (χ1v) is 6.59. The number of benzene rings is 1. The summed E-state index contributed by atoms with van der Waals surface area (Å²) in [5, 5.41) is 12.2. The average molecular weight is 326 g/mol. The topological polar surface area (TPSA) is 58.0 Å². The quantitative estimate of drug-likeness (QED) is 0.908. The predicted molar refractivity (Wildman–Crippen MR) is 75.7 cm³/mol. The van der Waals surface area contributed by atoms with Crippen molar-refractivity contribution >= 4 is 21.7 Å². The average Bonchev–Trinajstić information content (AvgIpc) is 2.42. The maximum Gasteiger partial charge on any atom is 0.165 e. The number of halogens is 2. The van der Waals surface area contributed by atoms with E-state index in [-0.39, 0.29) is 5.75 Å². The highest BCUT2D eigenvalue weighted by Gasteiger charge is 2.12. The van der Waals surface area contributed by atoms with Gasteiger partial charge in [-0.2, -0.15) is 0 Å². The summed E-state index contributed by atoms with van der Waals surface area (Å²) in [6.45, 7) is 1.98. The van der Waals surface area contributed by atoms with Crippen LogP contribution in [0.15, 0.2) is 22.7 Å². The van der Waals surface area contributed by atoms with Crippen molar-refractivity contribution in [3.05, 3.63) is 34.2 Å². The Morgan fingerprint density at radius 1 is 1.37 bits per heavy atom. The van der Waals surface area contributed by atoms with E-state index in [2.05, 4.69) is 31.2 Å². The zero-order valence-corrected chi connectivity index (χ0v) is 12.1. The molecule has 2 rings (SSSR count). The summed E-state index contributed by atoms with van der Waals surface area (Å²) in [6.07, 6.45) is 0.728. The molecule has 0 saturated carbocycles. The second kappa shape index (κ2) is 5.52. The lowest BCUT2D eigenvalue weighted by molar-refractivity contribution is 0.432. The molecule has 0 fully saturated rings. The number of anilines is 1. The van der Waals surface area contributed by atoms with Crippen molar-refractivity contribution in [3.63, 3.8) is 0 Å². The van der Waals surface area contributed by atoms with Crippen LogP contribution in [0.1, 0.15) is 12.6 Å². The van der Waals surface area contributed by atoms with Crippen molar-refractivity contribution in [1.29, 1.82) is 0 Å². The number of hydrogen-bond donors (Lipinski definition) is 2. The van der Waals surface area contributed by atoms with E-state index >= 15 is 0 Å². The van der Waals surface area contributed by atoms with E-state index in [4.69, 9.17) is 0 Å². The molecular formula is C13H13BrFN3O. The van der Waals surface area contributed by atoms with Gasteiger partial charge in [0.25, 0.3) is 0 Å². The number of rotatable bonds is 3. The van der Waals surface area contributed by atoms with Crippen molar-refractivity contribution < 1.29 is 9.50 Å². The van der Waals surface area contributed by atoms with E-state index in [9.17, 15) is 9.50 Å². The minimum atomic E-state index is -0.687. The Balaban J connectivity index is 2.58. The molecule has 0 radical (unpaired) electrons. The Labute approximate surface area is 118 Å². The zero-order valence-electron chi connectivity index (χ0n) is 10.5. The van der Waals surface area contributed by atoms with E-state index in [1.807, 2.05) is 6.92 Å². The molecule has 1 heterocycles. The fraction of sp³-hybridized carbons (Fsp3) is 0.231. The molecule has 0 atom stereocenters. The molecule has 2 N–H and O–H groups in total. The molecule has 1 aromatic heterocycles. The standard InChI is InChI=1S/C13H13BrFN3O/c1-3-9-11(14)13(16-2)18-12(17-9)7-4-5-10(19)8(15)6-7/h4-6,19H,3H2,1-2H3,(H,16,17,18). The summed E-state index contributed by atoms with van der Waals surface area (Å²) in [6, 6.07) is 4.10. The number of hydrogen-bond acceptors (Lipinski definition) is 4. The van der Waals surface area contributed by atoms with Crippen LogP contribution < -0.4 is 5.32 Å². The first-order valence-electron chi connectivity index (χ1n) is 5.79. The summed E-state index contributed by atoms with van der Waals surface area (Å²) < 4.78 is 14.2. The zero-order chi connectivity index (χ0) is 14.0. The molecule has 0 aliphatic carbocycles. The van der Waals surface area contributed by atoms with Crippen LogP contribution in [0.4, 0.5) is 10.2 Å². The van der Waals surface area contributed by atoms with Crippen molar-refractivity contribution in [2.24, 2.45) is 0 Å². The van der Waals surface area contributed by atoms with Gasteiger partial charge in [-0.15, -0.1) is 0 Å². The van der Waals surface area contributed by atoms with Crippen molar-refractivity contribution in [3.8, 4) is 17.1 Å². The smallest absolute Gasteiger partial charge is 0.165 e. The van der Waals surface area contributed by atoms with Gasteiger partial charge in [0.2, 0.25) is 0 Å². The van der Waals surface area contributed by atoms with Crippen LogP contribution in [0.2, 0.25) is 0 Å². The van der Waals surface area contributed by atoms with Crippen LogP contribution in [0, 0.1) is 5.82 Å². The van der Waals surface area contributed by atoms with Gasteiger partial charge in [-0.05, 0) is 40.5 Å². The summed E-state index contributed by atoms with van der Waals surface area (Å²) in [7, 11) is 1.76. The Hall–Kier alpha value is -1.69.